The molecule has 2 rings (SSSR count). The van der Waals surface area contributed by atoms with E-state index in [9.17, 15) is 101 Å². The summed E-state index contributed by atoms with van der Waals surface area (Å²) in [5.41, 5.74) is -27.6. The first-order valence-electron chi connectivity index (χ1n) is 9.80. The van der Waals surface area contributed by atoms with E-state index in [-0.39, 0.29) is 12.2 Å². The highest BCUT2D eigenvalue weighted by molar-refractivity contribution is 5.97. The number of rotatable bonds is 12. The Hall–Kier alpha value is -7.82. The van der Waals surface area contributed by atoms with Crippen molar-refractivity contribution in [3.63, 3.8) is 0 Å². The Kier molecular flexibility index (Phi) is 8.35. The fourth-order valence-corrected chi connectivity index (χ4v) is 3.67. The molecule has 0 aliphatic carbocycles. The van der Waals surface area contributed by atoms with Crippen molar-refractivity contribution in [2.45, 2.75) is 0 Å². The van der Waals surface area contributed by atoms with Crippen molar-refractivity contribution < 1.29 is 49.2 Å². The van der Waals surface area contributed by atoms with Crippen LogP contribution in [0.4, 0.5) is 56.9 Å². The van der Waals surface area contributed by atoms with E-state index in [0.717, 1.165) is 0 Å². The van der Waals surface area contributed by atoms with Crippen LogP contribution in [0.2, 0.25) is 0 Å². The van der Waals surface area contributed by atoms with Crippen LogP contribution in [0.5, 0.6) is 0 Å². The van der Waals surface area contributed by atoms with Gasteiger partial charge in [-0.3, -0.25) is 101 Å². The molecule has 2 aromatic rings. The number of benzene rings is 2. The molecule has 30 nitrogen and oxygen atoms in total. The molecule has 2 aromatic carbocycles. The number of nitro benzene ring substituents is 10. The fraction of sp³-hybridized carbons (Fsp3) is 0. The Labute approximate surface area is 231 Å². The highest BCUT2D eigenvalue weighted by Crippen LogP contribution is 2.54. The van der Waals surface area contributed by atoms with Gasteiger partial charge in [0.1, 0.15) is 11.1 Å². The number of hydrogen-bond acceptors (Lipinski definition) is 20. The van der Waals surface area contributed by atoms with Gasteiger partial charge >= 0.3 is 56.9 Å². The Morgan fingerprint density at radius 3 is 0.477 bits per heavy atom. The maximum Gasteiger partial charge on any atom is 0.437 e. The molecule has 0 amide bonds. The third-order valence-corrected chi connectivity index (χ3v) is 5.06. The molecule has 0 saturated heterocycles. The van der Waals surface area contributed by atoms with Gasteiger partial charge in [-0.15, -0.1) is 0 Å². The summed E-state index contributed by atoms with van der Waals surface area (Å²) in [4.78, 5) is 96.3. The lowest BCUT2D eigenvalue weighted by Gasteiger charge is -2.05. The summed E-state index contributed by atoms with van der Waals surface area (Å²) in [5.74, 6) is 0. The first-order chi connectivity index (χ1) is 20.2. The minimum atomic E-state index is -2.41. The Morgan fingerprint density at radius 2 is 0.364 bits per heavy atom. The van der Waals surface area contributed by atoms with Gasteiger partial charge in [0.25, 0.3) is 0 Å². The standard InChI is InChI=1S/C14H2N10O20/c25-15(26)5-3(6(16(27)28)10(20(35)36)13(23(41)42)9(5)19(33)34)1-2-4-7(17(29)30)11(21(37)38)14(24(43)44)12(22(39)40)8(4)18(31)32/h1-2H/b2-1+. The Bertz CT molecular complexity index is 1610. The van der Waals surface area contributed by atoms with E-state index in [4.69, 9.17) is 0 Å². The molecular weight excluding hydrogens is 628 g/mol. The maximum atomic E-state index is 11.7. The molecule has 0 aromatic heterocycles. The van der Waals surface area contributed by atoms with E-state index >= 15 is 0 Å². The lowest BCUT2D eigenvalue weighted by atomic mass is 10.00. The van der Waals surface area contributed by atoms with Crippen LogP contribution in [0.3, 0.4) is 0 Å². The highest BCUT2D eigenvalue weighted by Gasteiger charge is 2.55. The molecule has 0 N–H and O–H groups in total. The van der Waals surface area contributed by atoms with Crippen molar-refractivity contribution in [2.24, 2.45) is 0 Å². The maximum absolute atomic E-state index is 11.7. The smallest absolute Gasteiger partial charge is 0.258 e. The van der Waals surface area contributed by atoms with Crippen molar-refractivity contribution in [1.82, 2.24) is 0 Å². The minimum absolute atomic E-state index is 0.353. The zero-order valence-corrected chi connectivity index (χ0v) is 19.8. The van der Waals surface area contributed by atoms with Gasteiger partial charge in [-0.05, 0) is 12.2 Å². The van der Waals surface area contributed by atoms with Crippen molar-refractivity contribution in [2.75, 3.05) is 0 Å². The average molecular weight is 630 g/mol. The van der Waals surface area contributed by atoms with Gasteiger partial charge in [0.2, 0.25) is 0 Å². The van der Waals surface area contributed by atoms with Crippen LogP contribution in [0, 0.1) is 101 Å². The van der Waals surface area contributed by atoms with Crippen LogP contribution in [0.15, 0.2) is 0 Å². The molecule has 0 fully saturated rings. The molecule has 0 radical (unpaired) electrons. The molecule has 0 spiro atoms. The Balaban J connectivity index is 3.51. The first-order valence-corrected chi connectivity index (χ1v) is 9.80. The van der Waals surface area contributed by atoms with Crippen molar-refractivity contribution in [1.29, 1.82) is 0 Å². The minimum Gasteiger partial charge on any atom is -0.258 e. The lowest BCUT2D eigenvalue weighted by molar-refractivity contribution is -0.460. The first kappa shape index (κ1) is 32.4. The van der Waals surface area contributed by atoms with Crippen molar-refractivity contribution >= 4 is 69.0 Å². The summed E-state index contributed by atoms with van der Waals surface area (Å²) in [7, 11) is 0. The Morgan fingerprint density at radius 1 is 0.250 bits per heavy atom. The molecule has 0 saturated carbocycles. The predicted octanol–water partition coefficient (Wildman–Crippen LogP) is 2.94. The molecule has 30 heteroatoms. The summed E-state index contributed by atoms with van der Waals surface area (Å²) >= 11 is 0. The lowest BCUT2D eigenvalue weighted by Crippen LogP contribution is -2.11. The topological polar surface area (TPSA) is 431 Å². The SMILES string of the molecule is O=[N+]([O-])c1c(/C=C/c2c([N+](=O)[O-])c([N+](=O)[O-])c([N+](=O)[O-])c([N+](=O)[O-])c2[N+](=O)[O-])c([N+](=O)[O-])c([N+](=O)[O-])c([N+](=O)[O-])c1[N+](=O)[O-]. The van der Waals surface area contributed by atoms with Crippen LogP contribution < -0.4 is 0 Å². The molecular formula is C14H2N10O20. The highest BCUT2D eigenvalue weighted by atomic mass is 16.7. The third-order valence-electron chi connectivity index (χ3n) is 5.06. The summed E-state index contributed by atoms with van der Waals surface area (Å²) in [5, 5.41) is 116. The largest absolute Gasteiger partial charge is 0.437 e. The van der Waals surface area contributed by atoms with Gasteiger partial charge in [0, 0.05) is 0 Å². The van der Waals surface area contributed by atoms with E-state index < -0.39 is 117 Å². The van der Waals surface area contributed by atoms with Gasteiger partial charge in [0.15, 0.2) is 0 Å². The van der Waals surface area contributed by atoms with E-state index in [1.165, 1.54) is 0 Å². The van der Waals surface area contributed by atoms with Crippen LogP contribution in [-0.4, -0.2) is 49.2 Å². The molecule has 0 heterocycles. The summed E-state index contributed by atoms with van der Waals surface area (Å²) in [6.07, 6.45) is -0.705. The second kappa shape index (κ2) is 11.3. The molecule has 0 atom stereocenters. The van der Waals surface area contributed by atoms with Gasteiger partial charge in [0.05, 0.1) is 49.2 Å². The van der Waals surface area contributed by atoms with E-state index in [2.05, 4.69) is 0 Å². The predicted molar refractivity (Wildman–Crippen MR) is 128 cm³/mol. The molecule has 0 aliphatic rings. The average Bonchev–Trinajstić information content (AvgIpc) is 2.87. The zero-order valence-electron chi connectivity index (χ0n) is 19.8. The van der Waals surface area contributed by atoms with Crippen molar-refractivity contribution in [3.05, 3.63) is 112 Å². The summed E-state index contributed by atoms with van der Waals surface area (Å²) in [6.45, 7) is 0. The molecule has 0 bridgehead atoms. The monoisotopic (exact) mass is 630 g/mol. The fourth-order valence-electron chi connectivity index (χ4n) is 3.67. The van der Waals surface area contributed by atoms with E-state index in [1.54, 1.807) is 0 Å². The molecule has 0 unspecified atom stereocenters. The zero-order chi connectivity index (χ0) is 34.1. The van der Waals surface area contributed by atoms with Gasteiger partial charge in [-0.1, -0.05) is 0 Å². The second-order valence-electron chi connectivity index (χ2n) is 7.22. The van der Waals surface area contributed by atoms with Crippen LogP contribution in [-0.2, 0) is 0 Å². The normalized spacial score (nSPS) is 10.6. The summed E-state index contributed by atoms with van der Waals surface area (Å²) in [6, 6.07) is 0. The van der Waals surface area contributed by atoms with E-state index in [0.29, 0.717) is 0 Å². The van der Waals surface area contributed by atoms with Crippen LogP contribution in [0.25, 0.3) is 12.2 Å². The molecule has 44 heavy (non-hydrogen) atoms. The van der Waals surface area contributed by atoms with Crippen LogP contribution >= 0.6 is 0 Å². The number of nitro groups is 10. The van der Waals surface area contributed by atoms with Gasteiger partial charge < -0.3 is 0 Å². The van der Waals surface area contributed by atoms with Gasteiger partial charge in [-0.2, -0.15) is 0 Å². The quantitative estimate of drug-likeness (QED) is 0.185. The second-order valence-corrected chi connectivity index (χ2v) is 7.22. The molecule has 228 valence electrons. The number of nitrogens with zero attached hydrogens (tertiary/aromatic N) is 10. The van der Waals surface area contributed by atoms with Crippen LogP contribution in [0.1, 0.15) is 11.1 Å². The van der Waals surface area contributed by atoms with E-state index in [1.807, 2.05) is 0 Å². The molecule has 0 aliphatic heterocycles. The van der Waals surface area contributed by atoms with Gasteiger partial charge in [-0.25, -0.2) is 0 Å². The number of hydrogen-bond donors (Lipinski definition) is 0. The van der Waals surface area contributed by atoms with Crippen molar-refractivity contribution in [3.8, 4) is 0 Å². The summed E-state index contributed by atoms with van der Waals surface area (Å²) < 4.78 is 0. The third kappa shape index (κ3) is 5.19.